The zero-order chi connectivity index (χ0) is 9.64. The SMILES string of the molecule is C1=CC(=CC=Cc2ccccc2)C=C1. The van der Waals surface area contributed by atoms with Gasteiger partial charge in [-0.05, 0) is 11.1 Å². The van der Waals surface area contributed by atoms with Gasteiger partial charge in [0.1, 0.15) is 0 Å². The van der Waals surface area contributed by atoms with Crippen LogP contribution in [0.5, 0.6) is 0 Å². The van der Waals surface area contributed by atoms with Gasteiger partial charge in [0.15, 0.2) is 0 Å². The van der Waals surface area contributed by atoms with Crippen LogP contribution < -0.4 is 0 Å². The number of allylic oxidation sites excluding steroid dienone is 7. The lowest BCUT2D eigenvalue weighted by atomic mass is 10.2. The predicted octanol–water partition coefficient (Wildman–Crippen LogP) is 3.75. The van der Waals surface area contributed by atoms with Gasteiger partial charge in [0.25, 0.3) is 0 Å². The lowest BCUT2D eigenvalue weighted by Crippen LogP contribution is -1.68. The highest BCUT2D eigenvalue weighted by molar-refractivity contribution is 5.53. The summed E-state index contributed by atoms with van der Waals surface area (Å²) in [5.74, 6) is 0. The Morgan fingerprint density at radius 1 is 0.857 bits per heavy atom. The second kappa shape index (κ2) is 4.43. The van der Waals surface area contributed by atoms with Crippen LogP contribution in [0.15, 0.2) is 72.4 Å². The molecule has 0 spiro atoms. The third kappa shape index (κ3) is 2.33. The fourth-order valence-corrected chi connectivity index (χ4v) is 1.33. The molecule has 0 aromatic heterocycles. The summed E-state index contributed by atoms with van der Waals surface area (Å²) in [6.45, 7) is 0. The lowest BCUT2D eigenvalue weighted by Gasteiger charge is -1.89. The molecule has 1 aliphatic carbocycles. The van der Waals surface area contributed by atoms with E-state index in [1.165, 1.54) is 11.1 Å². The van der Waals surface area contributed by atoms with Crippen LogP contribution in [0.3, 0.4) is 0 Å². The van der Waals surface area contributed by atoms with E-state index in [9.17, 15) is 0 Å². The Labute approximate surface area is 84.6 Å². The van der Waals surface area contributed by atoms with Gasteiger partial charge in [-0.15, -0.1) is 0 Å². The molecule has 1 aliphatic rings. The van der Waals surface area contributed by atoms with E-state index in [1.54, 1.807) is 0 Å². The maximum atomic E-state index is 2.10. The maximum Gasteiger partial charge on any atom is -0.0257 e. The molecule has 0 N–H and O–H groups in total. The molecule has 0 heterocycles. The minimum Gasteiger partial charge on any atom is -0.0622 e. The summed E-state index contributed by atoms with van der Waals surface area (Å²) in [5, 5.41) is 0. The first-order valence-electron chi connectivity index (χ1n) is 4.73. The first-order chi connectivity index (χ1) is 6.95. The number of rotatable bonds is 2. The molecular formula is C14H12. The van der Waals surface area contributed by atoms with Crippen LogP contribution >= 0.6 is 0 Å². The molecule has 0 nitrogen and oxygen atoms in total. The van der Waals surface area contributed by atoms with E-state index in [1.807, 2.05) is 30.4 Å². The van der Waals surface area contributed by atoms with Crippen molar-refractivity contribution in [3.63, 3.8) is 0 Å². The summed E-state index contributed by atoms with van der Waals surface area (Å²) < 4.78 is 0. The summed E-state index contributed by atoms with van der Waals surface area (Å²) in [6.07, 6.45) is 14.6. The van der Waals surface area contributed by atoms with Crippen molar-refractivity contribution in [1.29, 1.82) is 0 Å². The minimum absolute atomic E-state index is 1.23. The monoisotopic (exact) mass is 180 g/mol. The molecule has 0 fully saturated rings. The highest BCUT2D eigenvalue weighted by Crippen LogP contribution is 2.08. The summed E-state index contributed by atoms with van der Waals surface area (Å²) in [7, 11) is 0. The number of hydrogen-bond donors (Lipinski definition) is 0. The second-order valence-electron chi connectivity index (χ2n) is 3.15. The molecule has 14 heavy (non-hydrogen) atoms. The normalized spacial score (nSPS) is 14.1. The van der Waals surface area contributed by atoms with E-state index in [0.29, 0.717) is 0 Å². The van der Waals surface area contributed by atoms with Gasteiger partial charge in [0.05, 0.1) is 0 Å². The molecule has 1 aromatic carbocycles. The molecule has 68 valence electrons. The van der Waals surface area contributed by atoms with E-state index in [-0.39, 0.29) is 0 Å². The van der Waals surface area contributed by atoms with Gasteiger partial charge in [0, 0.05) is 0 Å². The molecule has 0 heteroatoms. The van der Waals surface area contributed by atoms with Crippen LogP contribution in [0.2, 0.25) is 0 Å². The predicted molar refractivity (Wildman–Crippen MR) is 61.8 cm³/mol. The molecule has 0 unspecified atom stereocenters. The highest BCUT2D eigenvalue weighted by Gasteiger charge is 1.87. The van der Waals surface area contributed by atoms with Gasteiger partial charge in [0.2, 0.25) is 0 Å². The zero-order valence-electron chi connectivity index (χ0n) is 7.93. The standard InChI is InChI=1S/C14H12/c1-2-7-13(8-3-1)11-6-12-14-9-4-5-10-14/h1-12H. The highest BCUT2D eigenvalue weighted by atomic mass is 13.9. The molecule has 0 radical (unpaired) electrons. The van der Waals surface area contributed by atoms with Crippen LogP contribution in [0.4, 0.5) is 0 Å². The van der Waals surface area contributed by atoms with E-state index < -0.39 is 0 Å². The largest absolute Gasteiger partial charge is 0.0622 e. The average molecular weight is 180 g/mol. The molecule has 2 rings (SSSR count). The average Bonchev–Trinajstić information content (AvgIpc) is 2.72. The second-order valence-corrected chi connectivity index (χ2v) is 3.15. The van der Waals surface area contributed by atoms with Crippen molar-refractivity contribution < 1.29 is 0 Å². The Balaban J connectivity index is 2.05. The molecule has 0 saturated heterocycles. The fourth-order valence-electron chi connectivity index (χ4n) is 1.33. The maximum absolute atomic E-state index is 2.10. The summed E-state index contributed by atoms with van der Waals surface area (Å²) in [4.78, 5) is 0. The van der Waals surface area contributed by atoms with Crippen LogP contribution in [-0.4, -0.2) is 0 Å². The molecule has 0 saturated carbocycles. The summed E-state index contributed by atoms with van der Waals surface area (Å²) in [6, 6.07) is 10.3. The van der Waals surface area contributed by atoms with Gasteiger partial charge >= 0.3 is 0 Å². The van der Waals surface area contributed by atoms with Crippen LogP contribution in [0.1, 0.15) is 5.56 Å². The Kier molecular flexibility index (Phi) is 2.77. The van der Waals surface area contributed by atoms with Gasteiger partial charge in [-0.1, -0.05) is 72.9 Å². The quantitative estimate of drug-likeness (QED) is 0.650. The first-order valence-corrected chi connectivity index (χ1v) is 4.73. The van der Waals surface area contributed by atoms with Crippen molar-refractivity contribution in [1.82, 2.24) is 0 Å². The smallest absolute Gasteiger partial charge is 0.0257 e. The lowest BCUT2D eigenvalue weighted by molar-refractivity contribution is 1.66. The number of hydrogen-bond acceptors (Lipinski definition) is 0. The zero-order valence-corrected chi connectivity index (χ0v) is 7.93. The van der Waals surface area contributed by atoms with Crippen molar-refractivity contribution in [2.75, 3.05) is 0 Å². The van der Waals surface area contributed by atoms with Gasteiger partial charge in [-0.2, -0.15) is 0 Å². The van der Waals surface area contributed by atoms with Crippen molar-refractivity contribution in [3.8, 4) is 0 Å². The van der Waals surface area contributed by atoms with E-state index in [0.717, 1.165) is 0 Å². The third-order valence-corrected chi connectivity index (χ3v) is 2.07. The van der Waals surface area contributed by atoms with Crippen LogP contribution in [0, 0.1) is 0 Å². The molecule has 0 amide bonds. The molecule has 1 aromatic rings. The molecular weight excluding hydrogens is 168 g/mol. The Morgan fingerprint density at radius 2 is 1.57 bits per heavy atom. The van der Waals surface area contributed by atoms with Crippen molar-refractivity contribution in [2.24, 2.45) is 0 Å². The Hall–Kier alpha value is -1.82. The van der Waals surface area contributed by atoms with Gasteiger partial charge in [-0.25, -0.2) is 0 Å². The minimum atomic E-state index is 1.23. The van der Waals surface area contributed by atoms with Crippen molar-refractivity contribution >= 4 is 6.08 Å². The Morgan fingerprint density at radius 3 is 2.29 bits per heavy atom. The van der Waals surface area contributed by atoms with E-state index in [4.69, 9.17) is 0 Å². The van der Waals surface area contributed by atoms with E-state index in [2.05, 4.69) is 42.5 Å². The van der Waals surface area contributed by atoms with Crippen molar-refractivity contribution in [3.05, 3.63) is 77.9 Å². The summed E-state index contributed by atoms with van der Waals surface area (Å²) >= 11 is 0. The Bertz CT molecular complexity index is 389. The van der Waals surface area contributed by atoms with Gasteiger partial charge in [-0.3, -0.25) is 0 Å². The topological polar surface area (TPSA) is 0 Å². The summed E-state index contributed by atoms with van der Waals surface area (Å²) in [5.41, 5.74) is 2.48. The van der Waals surface area contributed by atoms with Crippen molar-refractivity contribution in [2.45, 2.75) is 0 Å². The van der Waals surface area contributed by atoms with E-state index >= 15 is 0 Å². The van der Waals surface area contributed by atoms with Crippen LogP contribution in [0.25, 0.3) is 6.08 Å². The van der Waals surface area contributed by atoms with Gasteiger partial charge < -0.3 is 0 Å². The molecule has 0 atom stereocenters. The molecule has 0 aliphatic heterocycles. The fraction of sp³-hybridized carbons (Fsp3) is 0. The third-order valence-electron chi connectivity index (χ3n) is 2.07. The van der Waals surface area contributed by atoms with Crippen LogP contribution in [-0.2, 0) is 0 Å². The molecule has 0 bridgehead atoms. The first kappa shape index (κ1) is 8.76. The number of benzene rings is 1.